The number of hydrogen-bond donors (Lipinski definition) is 4. The molecule has 15 heavy (non-hydrogen) atoms. The number of aliphatic hydroxyl groups excluding tert-OH is 3. The van der Waals surface area contributed by atoms with E-state index in [9.17, 15) is 8.42 Å². The van der Waals surface area contributed by atoms with Gasteiger partial charge in [-0.1, -0.05) is 0 Å². The van der Waals surface area contributed by atoms with E-state index in [0.717, 1.165) is 0 Å². The maximum absolute atomic E-state index is 11.1. The van der Waals surface area contributed by atoms with E-state index >= 15 is 0 Å². The second kappa shape index (κ2) is 6.36. The van der Waals surface area contributed by atoms with Crippen molar-refractivity contribution in [2.75, 3.05) is 32.8 Å². The Balaban J connectivity index is 4.34. The minimum Gasteiger partial charge on any atom is -0.394 e. The summed E-state index contributed by atoms with van der Waals surface area (Å²) in [4.78, 5) is 0. The molecule has 0 aromatic carbocycles. The third-order valence-corrected chi connectivity index (χ3v) is 3.37. The second-order valence-corrected chi connectivity index (χ2v) is 4.86. The van der Waals surface area contributed by atoms with Crippen LogP contribution in [0.4, 0.5) is 0 Å². The van der Waals surface area contributed by atoms with E-state index in [-0.39, 0.29) is 6.42 Å². The van der Waals surface area contributed by atoms with Crippen LogP contribution in [-0.2, 0) is 14.3 Å². The average molecular weight is 243 g/mol. The molecular formula is C7H17NO6S. The Hall–Kier alpha value is -0.250. The summed E-state index contributed by atoms with van der Waals surface area (Å²) in [5.41, 5.74) is -1.05. The molecule has 0 radical (unpaired) electrons. The number of likely N-dealkylation sites (N-methyl/N-ethyl adjacent to an activating group) is 1. The predicted octanol–water partition coefficient (Wildman–Crippen LogP) is -2.38. The van der Waals surface area contributed by atoms with E-state index in [1.165, 1.54) is 7.05 Å². The summed E-state index contributed by atoms with van der Waals surface area (Å²) in [6, 6.07) is 0. The number of nitrogens with one attached hydrogen (secondary N) is 1. The van der Waals surface area contributed by atoms with Crippen molar-refractivity contribution in [2.24, 2.45) is 0 Å². The van der Waals surface area contributed by atoms with Crippen molar-refractivity contribution in [3.8, 4) is 0 Å². The van der Waals surface area contributed by atoms with Crippen molar-refractivity contribution >= 4 is 10.1 Å². The fraction of sp³-hybridized carbons (Fsp3) is 1.00. The van der Waals surface area contributed by atoms with Crippen LogP contribution in [0.3, 0.4) is 0 Å². The molecule has 4 N–H and O–H groups in total. The first-order valence-corrected chi connectivity index (χ1v) is 5.91. The van der Waals surface area contributed by atoms with Gasteiger partial charge in [-0.15, -0.1) is 0 Å². The zero-order valence-electron chi connectivity index (χ0n) is 8.51. The lowest BCUT2D eigenvalue weighted by Gasteiger charge is -2.28. The minimum atomic E-state index is -3.81. The van der Waals surface area contributed by atoms with Crippen LogP contribution in [0.5, 0.6) is 0 Å². The molecule has 0 aliphatic rings. The van der Waals surface area contributed by atoms with Gasteiger partial charge in [0.2, 0.25) is 0 Å². The zero-order chi connectivity index (χ0) is 11.9. The van der Waals surface area contributed by atoms with Gasteiger partial charge in [0.25, 0.3) is 10.1 Å². The highest BCUT2D eigenvalue weighted by molar-refractivity contribution is 7.86. The third kappa shape index (κ3) is 4.87. The van der Waals surface area contributed by atoms with Crippen molar-refractivity contribution in [1.82, 2.24) is 5.32 Å². The molecule has 0 saturated carbocycles. The summed E-state index contributed by atoms with van der Waals surface area (Å²) in [6.07, 6.45) is -0.0150. The Morgan fingerprint density at radius 1 is 1.27 bits per heavy atom. The van der Waals surface area contributed by atoms with Gasteiger partial charge in [-0.2, -0.15) is 8.42 Å². The summed E-state index contributed by atoms with van der Waals surface area (Å²) in [7, 11) is -2.30. The van der Waals surface area contributed by atoms with Gasteiger partial charge in [0, 0.05) is 0 Å². The monoisotopic (exact) mass is 243 g/mol. The molecule has 8 heteroatoms. The highest BCUT2D eigenvalue weighted by Crippen LogP contribution is 2.10. The smallest absolute Gasteiger partial charge is 0.269 e. The Labute approximate surface area is 88.8 Å². The van der Waals surface area contributed by atoms with Crippen LogP contribution < -0.4 is 5.32 Å². The zero-order valence-corrected chi connectivity index (χ0v) is 9.33. The summed E-state index contributed by atoms with van der Waals surface area (Å²) < 4.78 is 26.2. The highest BCUT2D eigenvalue weighted by Gasteiger charge is 2.28. The molecule has 0 unspecified atom stereocenters. The minimum absolute atomic E-state index is 0.0150. The topological polar surface area (TPSA) is 116 Å². The molecule has 0 aliphatic heterocycles. The molecule has 0 spiro atoms. The lowest BCUT2D eigenvalue weighted by molar-refractivity contribution is 0.0900. The molecule has 0 aromatic rings. The van der Waals surface area contributed by atoms with Crippen molar-refractivity contribution in [2.45, 2.75) is 12.0 Å². The summed E-state index contributed by atoms with van der Waals surface area (Å²) in [5.74, 6) is -0.393. The van der Waals surface area contributed by atoms with Gasteiger partial charge >= 0.3 is 0 Å². The standard InChI is InChI=1S/C7H17NO6S/c1-8-7(4-9,5-10)2-3-15(12,13)14-6-11/h8-11H,2-6H2,1H3. The summed E-state index contributed by atoms with van der Waals surface area (Å²) >= 11 is 0. The SMILES string of the molecule is CNC(CO)(CO)CCS(=O)(=O)OCO. The normalized spacial score (nSPS) is 13.1. The van der Waals surface area contributed by atoms with Gasteiger partial charge in [-0.05, 0) is 13.5 Å². The first-order chi connectivity index (χ1) is 6.95. The number of rotatable bonds is 8. The Bertz CT molecular complexity index is 252. The maximum atomic E-state index is 11.1. The highest BCUT2D eigenvalue weighted by atomic mass is 32.2. The molecule has 0 aromatic heterocycles. The van der Waals surface area contributed by atoms with Crippen LogP contribution in [0, 0.1) is 0 Å². The van der Waals surface area contributed by atoms with E-state index in [2.05, 4.69) is 9.50 Å². The van der Waals surface area contributed by atoms with Crippen LogP contribution in [0.15, 0.2) is 0 Å². The Kier molecular flexibility index (Phi) is 6.25. The van der Waals surface area contributed by atoms with Crippen LogP contribution >= 0.6 is 0 Å². The molecule has 0 heterocycles. The summed E-state index contributed by atoms with van der Waals surface area (Å²) in [5, 5.41) is 28.9. The molecule has 0 saturated heterocycles. The van der Waals surface area contributed by atoms with E-state index < -0.39 is 41.4 Å². The van der Waals surface area contributed by atoms with Crippen molar-refractivity contribution < 1.29 is 27.9 Å². The lowest BCUT2D eigenvalue weighted by atomic mass is 9.99. The van der Waals surface area contributed by atoms with E-state index in [0.29, 0.717) is 0 Å². The molecule has 92 valence electrons. The number of hydrogen-bond acceptors (Lipinski definition) is 7. The van der Waals surface area contributed by atoms with Gasteiger partial charge in [0.05, 0.1) is 24.5 Å². The van der Waals surface area contributed by atoms with Gasteiger partial charge in [0.1, 0.15) is 0 Å². The quantitative estimate of drug-likeness (QED) is 0.278. The van der Waals surface area contributed by atoms with Crippen molar-refractivity contribution in [1.29, 1.82) is 0 Å². The van der Waals surface area contributed by atoms with Crippen LogP contribution in [0.1, 0.15) is 6.42 Å². The van der Waals surface area contributed by atoms with E-state index in [1.54, 1.807) is 0 Å². The lowest BCUT2D eigenvalue weighted by Crippen LogP contribution is -2.51. The second-order valence-electron chi connectivity index (χ2n) is 3.11. The Morgan fingerprint density at radius 3 is 2.13 bits per heavy atom. The fourth-order valence-electron chi connectivity index (χ4n) is 0.951. The molecule has 0 bridgehead atoms. The van der Waals surface area contributed by atoms with Crippen LogP contribution in [0.25, 0.3) is 0 Å². The largest absolute Gasteiger partial charge is 0.394 e. The van der Waals surface area contributed by atoms with Gasteiger partial charge in [-0.3, -0.25) is 0 Å². The first-order valence-electron chi connectivity index (χ1n) is 4.34. The average Bonchev–Trinajstić information content (AvgIpc) is 2.21. The molecule has 0 rings (SSSR count). The predicted molar refractivity (Wildman–Crippen MR) is 52.5 cm³/mol. The first kappa shape index (κ1) is 14.8. The van der Waals surface area contributed by atoms with Crippen molar-refractivity contribution in [3.63, 3.8) is 0 Å². The van der Waals surface area contributed by atoms with Gasteiger partial charge in [-0.25, -0.2) is 4.18 Å². The van der Waals surface area contributed by atoms with Gasteiger partial charge in [0.15, 0.2) is 6.79 Å². The molecule has 0 fully saturated rings. The number of aliphatic hydroxyl groups is 3. The molecule has 0 amide bonds. The third-order valence-electron chi connectivity index (χ3n) is 2.20. The molecule has 0 atom stereocenters. The van der Waals surface area contributed by atoms with E-state index in [4.69, 9.17) is 15.3 Å². The van der Waals surface area contributed by atoms with E-state index in [1.807, 2.05) is 0 Å². The Morgan fingerprint density at radius 2 is 1.80 bits per heavy atom. The fourth-order valence-corrected chi connectivity index (χ4v) is 1.87. The summed E-state index contributed by atoms with van der Waals surface area (Å²) in [6.45, 7) is -1.70. The van der Waals surface area contributed by atoms with Gasteiger partial charge < -0.3 is 20.6 Å². The van der Waals surface area contributed by atoms with Crippen molar-refractivity contribution in [3.05, 3.63) is 0 Å². The van der Waals surface area contributed by atoms with Crippen LogP contribution in [0.2, 0.25) is 0 Å². The maximum Gasteiger partial charge on any atom is 0.269 e. The van der Waals surface area contributed by atoms with Crippen LogP contribution in [-0.4, -0.2) is 62.1 Å². The molecule has 0 aliphatic carbocycles. The molecular weight excluding hydrogens is 226 g/mol. The molecule has 7 nitrogen and oxygen atoms in total.